The quantitative estimate of drug-likeness (QED) is 0.0670. The summed E-state index contributed by atoms with van der Waals surface area (Å²) in [5, 5.41) is 14.5. The van der Waals surface area contributed by atoms with E-state index in [2.05, 4.69) is 61.1 Å². The molecule has 8 aromatic rings. The molecule has 2 aliphatic heterocycles. The summed E-state index contributed by atoms with van der Waals surface area (Å²) in [6, 6.07) is 17.8. The van der Waals surface area contributed by atoms with Crippen LogP contribution in [0.2, 0.25) is 10.0 Å². The Kier molecular flexibility index (Phi) is 15.1. The van der Waals surface area contributed by atoms with Gasteiger partial charge < -0.3 is 41.0 Å². The lowest BCUT2D eigenvalue weighted by Crippen LogP contribution is -2.44. The van der Waals surface area contributed by atoms with Crippen LogP contribution in [0.15, 0.2) is 97.8 Å². The van der Waals surface area contributed by atoms with Gasteiger partial charge in [0.1, 0.15) is 11.3 Å². The van der Waals surface area contributed by atoms with E-state index in [9.17, 15) is 23.2 Å². The molecule has 2 aromatic carbocycles. The molecule has 6 N–H and O–H groups in total. The number of ketones is 1. The molecule has 2 fully saturated rings. The number of aryl methyl sites for hydroxylation is 1. The molecular formula is C51H50Cl2F2N14O3. The van der Waals surface area contributed by atoms with E-state index >= 15 is 0 Å². The molecule has 0 aliphatic carbocycles. The number of fused-ring (bicyclic) bond motifs is 2. The Morgan fingerprint density at radius 1 is 0.667 bits per heavy atom. The molecule has 21 heteroatoms. The van der Waals surface area contributed by atoms with Crippen molar-refractivity contribution in [2.45, 2.75) is 39.5 Å². The number of hydrogen-bond donors (Lipinski definition) is 6. The minimum absolute atomic E-state index is 0.0644. The zero-order valence-corrected chi connectivity index (χ0v) is 40.8. The molecular weight excluding hydrogens is 966 g/mol. The van der Waals surface area contributed by atoms with E-state index in [1.807, 2.05) is 36.1 Å². The first-order valence-electron chi connectivity index (χ1n) is 23.4. The van der Waals surface area contributed by atoms with Gasteiger partial charge in [-0.15, -0.1) is 0 Å². The van der Waals surface area contributed by atoms with E-state index < -0.39 is 11.6 Å². The number of rotatable bonds is 11. The molecule has 0 spiro atoms. The van der Waals surface area contributed by atoms with Crippen LogP contribution in [-0.2, 0) is 0 Å². The van der Waals surface area contributed by atoms with Crippen molar-refractivity contribution in [2.75, 3.05) is 60.5 Å². The van der Waals surface area contributed by atoms with Gasteiger partial charge in [0.15, 0.2) is 40.7 Å². The lowest BCUT2D eigenvalue weighted by atomic mass is 9.98. The van der Waals surface area contributed by atoms with Gasteiger partial charge in [0.25, 0.3) is 0 Å². The van der Waals surface area contributed by atoms with Gasteiger partial charge in [-0.1, -0.05) is 47.5 Å². The molecule has 17 nitrogen and oxygen atoms in total. The maximum Gasteiger partial charge on any atom is 0.321 e. The van der Waals surface area contributed by atoms with Gasteiger partial charge in [0, 0.05) is 103 Å². The van der Waals surface area contributed by atoms with Crippen molar-refractivity contribution in [3.8, 4) is 22.8 Å². The summed E-state index contributed by atoms with van der Waals surface area (Å²) in [4.78, 5) is 72.5. The Balaban J connectivity index is 0.000000178. The summed E-state index contributed by atoms with van der Waals surface area (Å²) >= 11 is 12.2. The number of piperidine rings is 2. The highest BCUT2D eigenvalue weighted by molar-refractivity contribution is 6.31. The number of aromatic nitrogens is 8. The van der Waals surface area contributed by atoms with Gasteiger partial charge in [-0.25, -0.2) is 48.3 Å². The maximum absolute atomic E-state index is 14.6. The summed E-state index contributed by atoms with van der Waals surface area (Å²) in [7, 11) is 0. The van der Waals surface area contributed by atoms with Crippen LogP contribution in [0.3, 0.4) is 0 Å². The Morgan fingerprint density at radius 2 is 1.15 bits per heavy atom. The average molecular weight is 1020 g/mol. The minimum atomic E-state index is -0.560. The molecule has 0 bridgehead atoms. The van der Waals surface area contributed by atoms with Crippen LogP contribution in [0.5, 0.6) is 0 Å². The SMILES string of the molecule is CC(=O)c1cccc(NC(=O)N2CCCC(CNc3nc(-c4c[nH]c5ncc(Cl)cc45)ncc3F)C2)c1.Cc1cccc(NC(=O)N2CCCC(CNc3nc(-c4c[nH]c5ncc(Cl)cc45)ncc3F)C2)c1. The largest absolute Gasteiger partial charge is 0.367 e. The van der Waals surface area contributed by atoms with Gasteiger partial charge in [-0.2, -0.15) is 0 Å². The van der Waals surface area contributed by atoms with E-state index in [4.69, 9.17) is 23.2 Å². The number of halogens is 4. The molecule has 370 valence electrons. The fourth-order valence-corrected chi connectivity index (χ4v) is 9.14. The molecule has 8 heterocycles. The molecule has 2 unspecified atom stereocenters. The third kappa shape index (κ3) is 11.9. The maximum atomic E-state index is 14.6. The second-order valence-corrected chi connectivity index (χ2v) is 18.7. The normalized spacial score (nSPS) is 15.7. The summed E-state index contributed by atoms with van der Waals surface area (Å²) in [6.45, 7) is 6.81. The number of benzene rings is 2. The van der Waals surface area contributed by atoms with Crippen LogP contribution in [0.1, 0.15) is 48.5 Å². The van der Waals surface area contributed by atoms with Gasteiger partial charge in [-0.05, 0) is 93.3 Å². The topological polar surface area (TPSA) is 215 Å². The molecule has 0 radical (unpaired) electrons. The Bertz CT molecular complexity index is 3280. The number of amides is 4. The average Bonchev–Trinajstić information content (AvgIpc) is 4.00. The monoisotopic (exact) mass is 1010 g/mol. The zero-order valence-electron chi connectivity index (χ0n) is 39.3. The van der Waals surface area contributed by atoms with Crippen molar-refractivity contribution in [2.24, 2.45) is 11.8 Å². The third-order valence-corrected chi connectivity index (χ3v) is 12.9. The lowest BCUT2D eigenvalue weighted by molar-refractivity contribution is 0.101. The fourth-order valence-electron chi connectivity index (χ4n) is 8.83. The number of carbonyl (C=O) groups excluding carboxylic acids is 3. The van der Waals surface area contributed by atoms with Crippen molar-refractivity contribution < 1.29 is 23.2 Å². The molecule has 2 aliphatic rings. The number of aromatic amines is 2. The van der Waals surface area contributed by atoms with Crippen molar-refractivity contribution in [3.05, 3.63) is 131 Å². The second kappa shape index (κ2) is 22.1. The molecule has 10 rings (SSSR count). The van der Waals surface area contributed by atoms with Gasteiger partial charge >= 0.3 is 12.1 Å². The lowest BCUT2D eigenvalue weighted by Gasteiger charge is -2.33. The molecule has 2 atom stereocenters. The van der Waals surface area contributed by atoms with Crippen LogP contribution in [0.25, 0.3) is 44.8 Å². The number of urea groups is 2. The van der Waals surface area contributed by atoms with E-state index in [0.717, 1.165) is 60.1 Å². The van der Waals surface area contributed by atoms with E-state index in [1.165, 1.54) is 6.92 Å². The van der Waals surface area contributed by atoms with E-state index in [1.54, 1.807) is 66.1 Å². The van der Waals surface area contributed by atoms with Crippen LogP contribution >= 0.6 is 23.2 Å². The van der Waals surface area contributed by atoms with Crippen LogP contribution in [0.4, 0.5) is 41.4 Å². The number of likely N-dealkylation sites (tertiary alicyclic amines) is 2. The molecule has 4 amide bonds. The van der Waals surface area contributed by atoms with Crippen molar-refractivity contribution in [1.82, 2.24) is 49.7 Å². The summed E-state index contributed by atoms with van der Waals surface area (Å²) < 4.78 is 29.1. The van der Waals surface area contributed by atoms with Gasteiger partial charge in [-0.3, -0.25) is 4.79 Å². The highest BCUT2D eigenvalue weighted by atomic mass is 35.5. The molecule has 2 saturated heterocycles. The minimum Gasteiger partial charge on any atom is -0.367 e. The first-order valence-corrected chi connectivity index (χ1v) is 24.2. The standard InChI is InChI=1S/C26H25ClFN7O2.C25H25ClFN7O/c1-15(36)17-5-2-6-19(8-17)33-26(37)35-7-3-4-16(14-35)10-29-25-22(28)13-32-24(34-25)21-12-31-23-20(21)9-18(27)11-30-23;1-15-4-2-6-18(8-15)32-25(35)34-7-3-5-16(14-34)10-28-24-21(27)13-31-23(33-24)20-12-30-22-19(20)9-17(26)11-29-22/h2,5-6,8-9,11-13,16H,3-4,7,10,14H2,1H3,(H,30,31)(H,33,37)(H,29,32,34);2,4,6,8-9,11-13,16H,3,5,7,10,14H2,1H3,(H,29,30)(H,32,35)(H,28,31,33). The Morgan fingerprint density at radius 3 is 1.64 bits per heavy atom. The number of carbonyl (C=O) groups is 3. The second-order valence-electron chi connectivity index (χ2n) is 17.8. The Labute approximate surface area is 422 Å². The number of pyridine rings is 2. The summed E-state index contributed by atoms with van der Waals surface area (Å²) in [5.41, 5.74) is 5.62. The number of nitrogens with one attached hydrogen (secondary N) is 6. The highest BCUT2D eigenvalue weighted by Crippen LogP contribution is 2.31. The molecule has 0 saturated carbocycles. The van der Waals surface area contributed by atoms with Crippen LogP contribution in [-0.4, -0.2) is 107 Å². The summed E-state index contributed by atoms with van der Waals surface area (Å²) in [6.07, 6.45) is 12.4. The number of Topliss-reactive ketones (excluding diaryl/α,β-unsaturated/α-hetero) is 1. The number of nitrogens with zero attached hydrogens (tertiary/aromatic N) is 8. The van der Waals surface area contributed by atoms with E-state index in [0.29, 0.717) is 94.6 Å². The molecule has 72 heavy (non-hydrogen) atoms. The predicted molar refractivity (Wildman–Crippen MR) is 275 cm³/mol. The molecule has 6 aromatic heterocycles. The first-order chi connectivity index (χ1) is 34.8. The number of anilines is 4. The van der Waals surface area contributed by atoms with Crippen molar-refractivity contribution in [3.63, 3.8) is 0 Å². The van der Waals surface area contributed by atoms with Crippen molar-refractivity contribution >= 4 is 86.1 Å². The zero-order chi connectivity index (χ0) is 50.3. The Hall–Kier alpha value is -7.77. The van der Waals surface area contributed by atoms with Gasteiger partial charge in [0.05, 0.1) is 22.4 Å². The first kappa shape index (κ1) is 49.2. The predicted octanol–water partition coefficient (Wildman–Crippen LogP) is 10.8. The highest BCUT2D eigenvalue weighted by Gasteiger charge is 2.26. The van der Waals surface area contributed by atoms with Gasteiger partial charge in [0.2, 0.25) is 0 Å². The van der Waals surface area contributed by atoms with Crippen LogP contribution in [0, 0.1) is 30.4 Å². The number of H-pyrrole nitrogens is 2. The smallest absolute Gasteiger partial charge is 0.321 e. The van der Waals surface area contributed by atoms with E-state index in [-0.39, 0.29) is 41.3 Å². The van der Waals surface area contributed by atoms with Crippen molar-refractivity contribution in [1.29, 1.82) is 0 Å². The van der Waals surface area contributed by atoms with Crippen LogP contribution < -0.4 is 21.3 Å². The third-order valence-electron chi connectivity index (χ3n) is 12.5. The summed E-state index contributed by atoms with van der Waals surface area (Å²) in [5.74, 6) is 0.0507. The number of hydrogen-bond acceptors (Lipinski definition) is 11. The fraction of sp³-hybridized carbons (Fsp3) is 0.275.